The van der Waals surface area contributed by atoms with Gasteiger partial charge in [0.1, 0.15) is 11.0 Å². The summed E-state index contributed by atoms with van der Waals surface area (Å²) < 4.78 is 24.1. The Morgan fingerprint density at radius 3 is 2.31 bits per heavy atom. The number of hydrogen-bond acceptors (Lipinski definition) is 7. The largest absolute Gasteiger partial charge is 0.382 e. The number of nitrogens with one attached hydrogen (secondary N) is 1. The van der Waals surface area contributed by atoms with Crippen molar-refractivity contribution in [3.63, 3.8) is 0 Å². The number of para-hydroxylation sites is 1. The van der Waals surface area contributed by atoms with Gasteiger partial charge in [0.2, 0.25) is 10.0 Å². The van der Waals surface area contributed by atoms with Crippen LogP contribution in [0.1, 0.15) is 41.3 Å². The molecule has 2 aliphatic heterocycles. The van der Waals surface area contributed by atoms with E-state index in [2.05, 4.69) is 22.2 Å². The van der Waals surface area contributed by atoms with Crippen molar-refractivity contribution in [2.45, 2.75) is 44.6 Å². The van der Waals surface area contributed by atoms with Crippen molar-refractivity contribution >= 4 is 27.3 Å². The van der Waals surface area contributed by atoms with E-state index in [1.54, 1.807) is 30.4 Å². The van der Waals surface area contributed by atoms with Crippen molar-refractivity contribution in [1.29, 1.82) is 5.26 Å². The number of allylic oxidation sites excluding steroid dienone is 3. The van der Waals surface area contributed by atoms with Crippen molar-refractivity contribution < 1.29 is 13.2 Å². The standard InChI is InChI=1S/C32H38N6O3S/c1-5-9-29(25(6-2)22-33)36-14-12-26(13-15-36)35-28-21-27(23(3)20-24(28)4)32(39)38-18-16-37(17-19-38)30-10-7-8-11-31(30)42(34,40)41/h1,6-11,20-21,26,35H,12-19H2,2-4H3,(H2,34,40,41)/b25-6-,29-9+. The number of rotatable bonds is 7. The molecule has 2 heterocycles. The molecule has 1 amide bonds. The SMILES string of the molecule is C#C/C=C(\C(C#N)=C/C)N1CCC(Nc2cc(C(=O)N3CCN(c4ccccc4S(N)(=O)=O)CC3)c(C)cc2C)CC1. The first-order valence-electron chi connectivity index (χ1n) is 14.1. The fraction of sp³-hybridized carbons (Fsp3) is 0.375. The first-order valence-corrected chi connectivity index (χ1v) is 15.6. The predicted molar refractivity (Wildman–Crippen MR) is 166 cm³/mol. The van der Waals surface area contributed by atoms with E-state index in [0.29, 0.717) is 43.0 Å². The number of terminal acetylenes is 1. The van der Waals surface area contributed by atoms with Crippen LogP contribution in [0.25, 0.3) is 0 Å². The van der Waals surface area contributed by atoms with Gasteiger partial charge in [-0.15, -0.1) is 6.42 Å². The molecule has 10 heteroatoms. The number of primary sulfonamides is 1. The van der Waals surface area contributed by atoms with Crippen LogP contribution in [0.5, 0.6) is 0 Å². The zero-order chi connectivity index (χ0) is 30.4. The summed E-state index contributed by atoms with van der Waals surface area (Å²) in [5.74, 6) is 2.52. The smallest absolute Gasteiger partial charge is 0.254 e. The predicted octanol–water partition coefficient (Wildman–Crippen LogP) is 3.78. The number of piperazine rings is 1. The summed E-state index contributed by atoms with van der Waals surface area (Å²) in [6, 6.07) is 13.2. The third-order valence-electron chi connectivity index (χ3n) is 7.98. The number of nitriles is 1. The second-order valence-corrected chi connectivity index (χ2v) is 12.2. The van der Waals surface area contributed by atoms with Crippen LogP contribution >= 0.6 is 0 Å². The summed E-state index contributed by atoms with van der Waals surface area (Å²) in [5, 5.41) is 18.6. The van der Waals surface area contributed by atoms with Crippen LogP contribution in [0.4, 0.5) is 11.4 Å². The molecule has 2 fully saturated rings. The number of benzene rings is 2. The number of amides is 1. The molecular weight excluding hydrogens is 548 g/mol. The summed E-state index contributed by atoms with van der Waals surface area (Å²) in [4.78, 5) is 19.7. The first kappa shape index (κ1) is 30.7. The Morgan fingerprint density at radius 2 is 1.71 bits per heavy atom. The van der Waals surface area contributed by atoms with Gasteiger partial charge in [-0.25, -0.2) is 13.6 Å². The molecule has 42 heavy (non-hydrogen) atoms. The van der Waals surface area contributed by atoms with Gasteiger partial charge in [-0.05, 0) is 62.9 Å². The Morgan fingerprint density at radius 1 is 1.05 bits per heavy atom. The molecule has 2 aliphatic rings. The van der Waals surface area contributed by atoms with Crippen LogP contribution in [0.3, 0.4) is 0 Å². The minimum atomic E-state index is -3.86. The van der Waals surface area contributed by atoms with E-state index in [4.69, 9.17) is 11.6 Å². The normalized spacial score (nSPS) is 17.0. The number of likely N-dealkylation sites (tertiary alicyclic amines) is 1. The topological polar surface area (TPSA) is 123 Å². The van der Waals surface area contributed by atoms with Crippen LogP contribution in [-0.4, -0.2) is 69.4 Å². The molecule has 220 valence electrons. The number of sulfonamides is 1. The molecule has 0 aromatic heterocycles. The summed E-state index contributed by atoms with van der Waals surface area (Å²) in [5.41, 5.74) is 5.51. The number of carbonyl (C=O) groups excluding carboxylic acids is 1. The second kappa shape index (κ2) is 13.2. The number of piperidine rings is 1. The van der Waals surface area contributed by atoms with Gasteiger partial charge < -0.3 is 20.0 Å². The fourth-order valence-corrected chi connectivity index (χ4v) is 6.45. The highest BCUT2D eigenvalue weighted by Gasteiger charge is 2.27. The Hall–Kier alpha value is -4.25. The van der Waals surface area contributed by atoms with Crippen molar-refractivity contribution in [3.8, 4) is 18.4 Å². The number of carbonyl (C=O) groups is 1. The van der Waals surface area contributed by atoms with Crippen molar-refractivity contribution in [2.75, 3.05) is 49.5 Å². The average molecular weight is 587 g/mol. The van der Waals surface area contributed by atoms with Gasteiger partial charge in [-0.2, -0.15) is 5.26 Å². The van der Waals surface area contributed by atoms with E-state index < -0.39 is 10.0 Å². The summed E-state index contributed by atoms with van der Waals surface area (Å²) in [6.07, 6.45) is 10.7. The molecule has 0 saturated carbocycles. The molecule has 0 unspecified atom stereocenters. The van der Waals surface area contributed by atoms with E-state index in [9.17, 15) is 18.5 Å². The molecule has 4 rings (SSSR count). The summed E-state index contributed by atoms with van der Waals surface area (Å²) in [7, 11) is -3.86. The minimum Gasteiger partial charge on any atom is -0.382 e. The minimum absolute atomic E-state index is 0.0378. The first-order chi connectivity index (χ1) is 20.1. The molecule has 0 atom stereocenters. The number of hydrogen-bond donors (Lipinski definition) is 2. The van der Waals surface area contributed by atoms with Crippen LogP contribution in [0, 0.1) is 37.5 Å². The van der Waals surface area contributed by atoms with Crippen LogP contribution in [0.2, 0.25) is 0 Å². The van der Waals surface area contributed by atoms with E-state index >= 15 is 0 Å². The number of nitrogens with zero attached hydrogens (tertiary/aromatic N) is 4. The second-order valence-electron chi connectivity index (χ2n) is 10.7. The maximum absolute atomic E-state index is 13.6. The van der Waals surface area contributed by atoms with Crippen LogP contribution in [0.15, 0.2) is 64.7 Å². The van der Waals surface area contributed by atoms with E-state index in [0.717, 1.165) is 48.4 Å². The Kier molecular flexibility index (Phi) is 9.62. The zero-order valence-corrected chi connectivity index (χ0v) is 25.2. The quantitative estimate of drug-likeness (QED) is 0.288. The lowest BCUT2D eigenvalue weighted by Gasteiger charge is -2.37. The van der Waals surface area contributed by atoms with Crippen molar-refractivity contribution in [1.82, 2.24) is 9.80 Å². The Bertz CT molecular complexity index is 1580. The van der Waals surface area contributed by atoms with Gasteiger partial charge in [-0.1, -0.05) is 30.2 Å². The Balaban J connectivity index is 1.42. The van der Waals surface area contributed by atoms with Crippen LogP contribution < -0.4 is 15.4 Å². The number of aryl methyl sites for hydroxylation is 2. The van der Waals surface area contributed by atoms with Gasteiger partial charge in [0.05, 0.1) is 17.0 Å². The molecule has 0 spiro atoms. The molecule has 2 saturated heterocycles. The third-order valence-corrected chi connectivity index (χ3v) is 8.94. The van der Waals surface area contributed by atoms with Gasteiger partial charge >= 0.3 is 0 Å². The van der Waals surface area contributed by atoms with Gasteiger partial charge in [0, 0.05) is 62.6 Å². The molecule has 0 aliphatic carbocycles. The van der Waals surface area contributed by atoms with Crippen LogP contribution in [-0.2, 0) is 10.0 Å². The van der Waals surface area contributed by atoms with E-state index in [1.807, 2.05) is 42.7 Å². The summed E-state index contributed by atoms with van der Waals surface area (Å²) >= 11 is 0. The lowest BCUT2D eigenvalue weighted by atomic mass is 9.99. The lowest BCUT2D eigenvalue weighted by molar-refractivity contribution is 0.0746. The number of nitrogens with two attached hydrogens (primary N) is 1. The fourth-order valence-electron chi connectivity index (χ4n) is 5.69. The zero-order valence-electron chi connectivity index (χ0n) is 24.4. The highest BCUT2D eigenvalue weighted by atomic mass is 32.2. The molecule has 0 radical (unpaired) electrons. The van der Waals surface area contributed by atoms with Gasteiger partial charge in [0.15, 0.2) is 0 Å². The van der Waals surface area contributed by atoms with Crippen molar-refractivity contribution in [2.24, 2.45) is 5.14 Å². The highest BCUT2D eigenvalue weighted by molar-refractivity contribution is 7.89. The molecule has 9 nitrogen and oxygen atoms in total. The maximum atomic E-state index is 13.6. The molecule has 3 N–H and O–H groups in total. The van der Waals surface area contributed by atoms with Crippen molar-refractivity contribution in [3.05, 3.63) is 76.5 Å². The molecular formula is C32H38N6O3S. The Labute approximate surface area is 249 Å². The van der Waals surface area contributed by atoms with E-state index in [1.165, 1.54) is 6.07 Å². The number of anilines is 2. The molecule has 2 aromatic rings. The highest BCUT2D eigenvalue weighted by Crippen LogP contribution is 2.28. The lowest BCUT2D eigenvalue weighted by Crippen LogP contribution is -2.49. The maximum Gasteiger partial charge on any atom is 0.254 e. The summed E-state index contributed by atoms with van der Waals surface area (Å²) in [6.45, 7) is 9.30. The van der Waals surface area contributed by atoms with Gasteiger partial charge in [0.25, 0.3) is 5.91 Å². The molecule has 2 aromatic carbocycles. The average Bonchev–Trinajstić information content (AvgIpc) is 2.98. The monoisotopic (exact) mass is 586 g/mol. The third kappa shape index (κ3) is 6.79. The molecule has 0 bridgehead atoms. The van der Waals surface area contributed by atoms with Gasteiger partial charge in [-0.3, -0.25) is 4.79 Å². The van der Waals surface area contributed by atoms with E-state index in [-0.39, 0.29) is 16.8 Å².